The molecule has 0 aliphatic heterocycles. The van der Waals surface area contributed by atoms with Gasteiger partial charge in [-0.25, -0.2) is 0 Å². The summed E-state index contributed by atoms with van der Waals surface area (Å²) in [5.41, 5.74) is 28.9. The van der Waals surface area contributed by atoms with Crippen molar-refractivity contribution in [3.8, 4) is 55.6 Å². The van der Waals surface area contributed by atoms with Crippen molar-refractivity contribution in [2.75, 3.05) is 0 Å². The highest BCUT2D eigenvalue weighted by Crippen LogP contribution is 2.47. The lowest BCUT2D eigenvalue weighted by molar-refractivity contribution is 1.26. The number of hydrogen-bond acceptors (Lipinski definition) is 0. The number of benzene rings is 15. The minimum atomic E-state index is 1.06. The largest absolute Gasteiger partial charge is 0.0683 e. The Hall–Kier alpha value is -10.4. The third-order valence-electron chi connectivity index (χ3n) is 18.4. The standard InChI is InChI=1S/C21H14.3C17H12.C13H10.20C2H6/c1-3-7-18-14(5-1)9-11-16-13-17-12-10-15-6-2-4-8-19(15)21(17)20(16)18;1-3-7-15-12(5-1)9-10-14-11-13-6-2-4-8-16(13)17(14)15;1-3-7-14-12(5-1)9-10-16-15-8-4-2-6-13(15)11-17(14)16;1-2-6-13-11-17-15(9-12(13)5-1)10-14-7-3-4-8-16(14)17;1-3-7-12-10(5-1)9-11-6-2-4-8-13(11)12;20*1-2/h1-12H,13H2;2*1-10H,11H2;1-9,11H,10H2;1-8H,9H2;20*1-2H3. The second-order valence-electron chi connectivity index (χ2n) is 23.3. The Bertz CT molecular complexity index is 4960. The van der Waals surface area contributed by atoms with E-state index in [1.807, 2.05) is 277 Å². The zero-order chi connectivity index (χ0) is 96.2. The molecule has 0 bridgehead atoms. The van der Waals surface area contributed by atoms with Gasteiger partial charge in [0.05, 0.1) is 0 Å². The SMILES string of the molecule is CC.CC.CC.CC.CC.CC.CC.CC.CC.CC.CC.CC.CC.CC.CC.CC.CC.CC.CC.CC.c1ccc2c(c1)Cc1c-2ccc2ccccc12.c1ccc2c(c1)Cc1cc3ccccc3cc1-2.c1ccc2c(c1)Cc1ccc3ccccc3c1-2.c1ccc2c(c1)Cc1ccccc1-2.c1ccc2c3c(ccc2c1)Cc1ccc2ccccc2c1-3. The third kappa shape index (κ3) is 34.1. The molecule has 0 radical (unpaired) electrons. The Morgan fingerprint density at radius 3 is 0.680 bits per heavy atom. The van der Waals surface area contributed by atoms with Gasteiger partial charge in [0.25, 0.3) is 0 Å². The summed E-state index contributed by atoms with van der Waals surface area (Å²) in [6, 6.07) is 110. The van der Waals surface area contributed by atoms with E-state index in [1.54, 1.807) is 0 Å². The molecule has 20 rings (SSSR count). The second kappa shape index (κ2) is 79.5. The summed E-state index contributed by atoms with van der Waals surface area (Å²) in [4.78, 5) is 0. The summed E-state index contributed by atoms with van der Waals surface area (Å²) in [6.45, 7) is 80.0. The predicted octanol–water partition coefficient (Wildman–Crippen LogP) is 42.6. The third-order valence-corrected chi connectivity index (χ3v) is 18.4. The van der Waals surface area contributed by atoms with Crippen molar-refractivity contribution >= 4 is 53.9 Å². The van der Waals surface area contributed by atoms with Gasteiger partial charge in [0.15, 0.2) is 0 Å². The molecule has 0 aromatic heterocycles. The maximum atomic E-state index is 2.34. The first-order valence-corrected chi connectivity index (χ1v) is 50.1. The Morgan fingerprint density at radius 1 is 0.120 bits per heavy atom. The topological polar surface area (TPSA) is 0 Å². The number of hydrogen-bond donors (Lipinski definition) is 0. The van der Waals surface area contributed by atoms with E-state index in [9.17, 15) is 0 Å². The van der Waals surface area contributed by atoms with Crippen LogP contribution < -0.4 is 0 Å². The molecular weight excluding hydrogens is 1500 g/mol. The van der Waals surface area contributed by atoms with Crippen molar-refractivity contribution in [1.82, 2.24) is 0 Å². The van der Waals surface area contributed by atoms with Gasteiger partial charge < -0.3 is 0 Å². The summed E-state index contributed by atoms with van der Waals surface area (Å²) in [6.07, 6.45) is 5.40. The van der Waals surface area contributed by atoms with Gasteiger partial charge in [-0.05, 0) is 203 Å². The molecule has 5 aliphatic rings. The van der Waals surface area contributed by atoms with E-state index < -0.39 is 0 Å². The zero-order valence-electron chi connectivity index (χ0n) is 87.4. The van der Waals surface area contributed by atoms with Gasteiger partial charge in [-0.1, -0.05) is 574 Å². The second-order valence-corrected chi connectivity index (χ2v) is 23.3. The van der Waals surface area contributed by atoms with Crippen LogP contribution in [0.1, 0.15) is 333 Å². The van der Waals surface area contributed by atoms with Crippen LogP contribution in [0.2, 0.25) is 0 Å². The molecular formula is C125H180. The van der Waals surface area contributed by atoms with Crippen LogP contribution in [0.4, 0.5) is 0 Å². The molecule has 0 amide bonds. The van der Waals surface area contributed by atoms with Gasteiger partial charge >= 0.3 is 0 Å². The van der Waals surface area contributed by atoms with Gasteiger partial charge in [0.2, 0.25) is 0 Å². The number of fused-ring (bicyclic) bond motifs is 24. The van der Waals surface area contributed by atoms with Crippen LogP contribution in [0.3, 0.4) is 0 Å². The highest BCUT2D eigenvalue weighted by atomic mass is 14.3. The minimum Gasteiger partial charge on any atom is -0.0683 e. The van der Waals surface area contributed by atoms with Crippen LogP contribution in [0, 0.1) is 0 Å². The predicted molar refractivity (Wildman–Crippen MR) is 588 cm³/mol. The fraction of sp³-hybridized carbons (Fsp3) is 0.360. The molecule has 125 heavy (non-hydrogen) atoms. The quantitative estimate of drug-likeness (QED) is 0.142. The molecule has 5 aliphatic carbocycles. The van der Waals surface area contributed by atoms with Crippen molar-refractivity contribution in [3.63, 3.8) is 0 Å². The molecule has 0 heteroatoms. The van der Waals surface area contributed by atoms with Gasteiger partial charge in [0, 0.05) is 0 Å². The van der Waals surface area contributed by atoms with Crippen LogP contribution in [0.15, 0.2) is 303 Å². The number of rotatable bonds is 0. The maximum absolute atomic E-state index is 2.34. The van der Waals surface area contributed by atoms with E-state index in [0.717, 1.165) is 32.1 Å². The lowest BCUT2D eigenvalue weighted by Crippen LogP contribution is -1.83. The Kier molecular flexibility index (Phi) is 78.3. The molecule has 0 saturated heterocycles. The van der Waals surface area contributed by atoms with Crippen LogP contribution in [0.5, 0.6) is 0 Å². The van der Waals surface area contributed by atoms with Gasteiger partial charge in [-0.3, -0.25) is 0 Å². The van der Waals surface area contributed by atoms with E-state index in [0.29, 0.717) is 0 Å². The minimum absolute atomic E-state index is 1.06. The first kappa shape index (κ1) is 123. The van der Waals surface area contributed by atoms with Gasteiger partial charge in [-0.15, -0.1) is 0 Å². The molecule has 0 spiro atoms. The monoisotopic (exact) mass is 1680 g/mol. The summed E-state index contributed by atoms with van der Waals surface area (Å²) in [5.74, 6) is 0. The lowest BCUT2D eigenvalue weighted by Gasteiger charge is -2.09. The molecule has 680 valence electrons. The zero-order valence-corrected chi connectivity index (χ0v) is 87.4. The molecule has 15 aromatic carbocycles. The normalized spacial score (nSPS) is 9.44. The van der Waals surface area contributed by atoms with E-state index in [-0.39, 0.29) is 0 Å². The van der Waals surface area contributed by atoms with Gasteiger partial charge in [-0.2, -0.15) is 0 Å². The fourth-order valence-electron chi connectivity index (χ4n) is 14.4. The van der Waals surface area contributed by atoms with Crippen molar-refractivity contribution in [2.24, 2.45) is 0 Å². The van der Waals surface area contributed by atoms with Crippen LogP contribution in [-0.2, 0) is 32.1 Å². The first-order chi connectivity index (χ1) is 62.1. The Labute approximate surface area is 772 Å². The first-order valence-electron chi connectivity index (χ1n) is 50.1. The van der Waals surface area contributed by atoms with Crippen LogP contribution in [-0.4, -0.2) is 0 Å². The van der Waals surface area contributed by atoms with Gasteiger partial charge in [0.1, 0.15) is 0 Å². The molecule has 0 N–H and O–H groups in total. The van der Waals surface area contributed by atoms with E-state index in [4.69, 9.17) is 0 Å². The van der Waals surface area contributed by atoms with E-state index in [2.05, 4.69) is 303 Å². The van der Waals surface area contributed by atoms with Crippen molar-refractivity contribution < 1.29 is 0 Å². The van der Waals surface area contributed by atoms with Crippen molar-refractivity contribution in [2.45, 2.75) is 309 Å². The molecule has 0 unspecified atom stereocenters. The Balaban J connectivity index is -0.000000437. The van der Waals surface area contributed by atoms with Crippen LogP contribution in [0.25, 0.3) is 109 Å². The molecule has 0 fully saturated rings. The summed E-state index contributed by atoms with van der Waals surface area (Å²) in [5, 5.41) is 13.6. The average Bonchev–Trinajstić information content (AvgIpc) is 1.60. The maximum Gasteiger partial charge on any atom is -0.000729 e. The molecule has 0 heterocycles. The smallest absolute Gasteiger partial charge is 0.000729 e. The van der Waals surface area contributed by atoms with E-state index in [1.165, 1.54) is 165 Å². The average molecular weight is 1680 g/mol. The lowest BCUT2D eigenvalue weighted by atomic mass is 9.94. The highest BCUT2D eigenvalue weighted by Gasteiger charge is 2.25. The summed E-state index contributed by atoms with van der Waals surface area (Å²) in [7, 11) is 0. The highest BCUT2D eigenvalue weighted by molar-refractivity contribution is 6.10. The van der Waals surface area contributed by atoms with Crippen LogP contribution >= 0.6 is 0 Å². The van der Waals surface area contributed by atoms with E-state index >= 15 is 0 Å². The van der Waals surface area contributed by atoms with Crippen molar-refractivity contribution in [3.05, 3.63) is 359 Å². The molecule has 0 atom stereocenters. The van der Waals surface area contributed by atoms with Crippen molar-refractivity contribution in [1.29, 1.82) is 0 Å². The molecule has 0 nitrogen and oxygen atoms in total. The fourth-order valence-corrected chi connectivity index (χ4v) is 14.4. The summed E-state index contributed by atoms with van der Waals surface area (Å²) < 4.78 is 0. The Morgan fingerprint density at radius 2 is 0.328 bits per heavy atom. The molecule has 15 aromatic rings. The summed E-state index contributed by atoms with van der Waals surface area (Å²) >= 11 is 0. The molecule has 0 saturated carbocycles.